The molecule has 0 radical (unpaired) electrons. The van der Waals surface area contributed by atoms with Crippen LogP contribution in [0.3, 0.4) is 0 Å². The Kier molecular flexibility index (Phi) is 4.51. The summed E-state index contributed by atoms with van der Waals surface area (Å²) in [6.45, 7) is 2.55. The van der Waals surface area contributed by atoms with Gasteiger partial charge in [0.2, 0.25) is 17.2 Å². The van der Waals surface area contributed by atoms with Crippen molar-refractivity contribution in [2.75, 3.05) is 31.3 Å². The molecule has 1 atom stereocenters. The maximum atomic E-state index is 5.70. The van der Waals surface area contributed by atoms with Crippen molar-refractivity contribution in [2.24, 2.45) is 0 Å². The molecule has 7 heteroatoms. The zero-order chi connectivity index (χ0) is 11.3. The highest BCUT2D eigenvalue weighted by atomic mass is 35.5. The molecule has 0 saturated carbocycles. The summed E-state index contributed by atoms with van der Waals surface area (Å²) < 4.78 is 5.08. The van der Waals surface area contributed by atoms with Gasteiger partial charge in [0.05, 0.1) is 6.10 Å². The molecular formula is C8H14ClN5O. The number of nitrogens with zero attached hydrogens (tertiary/aromatic N) is 3. The number of halogens is 1. The first-order chi connectivity index (χ1) is 7.15. The minimum atomic E-state index is 0.0820. The molecule has 1 heterocycles. The summed E-state index contributed by atoms with van der Waals surface area (Å²) in [5, 5.41) is 5.95. The Hall–Kier alpha value is -1.14. The summed E-state index contributed by atoms with van der Waals surface area (Å²) in [7, 11) is 3.36. The molecule has 0 aliphatic rings. The van der Waals surface area contributed by atoms with Crippen LogP contribution in [-0.4, -0.2) is 41.8 Å². The Morgan fingerprint density at radius 1 is 1.33 bits per heavy atom. The fraction of sp³-hybridized carbons (Fsp3) is 0.625. The largest absolute Gasteiger partial charge is 0.380 e. The van der Waals surface area contributed by atoms with Gasteiger partial charge in [0, 0.05) is 20.7 Å². The first-order valence-corrected chi connectivity index (χ1v) is 4.89. The standard InChI is InChI=1S/C8H14ClN5O/c1-5(15-3)4-11-8-13-6(9)12-7(10-2)14-8/h5H,4H2,1-3H3,(H2,10,11,12,13,14). The Labute approximate surface area is 93.4 Å². The summed E-state index contributed by atoms with van der Waals surface area (Å²) >= 11 is 5.70. The van der Waals surface area contributed by atoms with Crippen LogP contribution in [0.2, 0.25) is 5.28 Å². The molecule has 0 bridgehead atoms. The Balaban J connectivity index is 2.64. The number of hydrogen-bond donors (Lipinski definition) is 2. The molecule has 1 aromatic rings. The smallest absolute Gasteiger partial charge is 0.228 e. The quantitative estimate of drug-likeness (QED) is 0.788. The molecule has 2 N–H and O–H groups in total. The van der Waals surface area contributed by atoms with Crippen LogP contribution in [0, 0.1) is 0 Å². The molecular weight excluding hydrogens is 218 g/mol. The van der Waals surface area contributed by atoms with E-state index in [4.69, 9.17) is 16.3 Å². The van der Waals surface area contributed by atoms with E-state index in [1.807, 2.05) is 6.92 Å². The number of aromatic nitrogens is 3. The van der Waals surface area contributed by atoms with E-state index in [1.165, 1.54) is 0 Å². The van der Waals surface area contributed by atoms with Gasteiger partial charge < -0.3 is 15.4 Å². The summed E-state index contributed by atoms with van der Waals surface area (Å²) in [6.07, 6.45) is 0.0820. The van der Waals surface area contributed by atoms with E-state index < -0.39 is 0 Å². The van der Waals surface area contributed by atoms with Crippen molar-refractivity contribution in [3.63, 3.8) is 0 Å². The predicted octanol–water partition coefficient (Wildman–Crippen LogP) is 1.01. The Bertz CT molecular complexity index is 322. The summed E-state index contributed by atoms with van der Waals surface area (Å²) in [6, 6.07) is 0. The second-order valence-corrected chi connectivity index (χ2v) is 3.27. The van der Waals surface area contributed by atoms with Gasteiger partial charge in [-0.2, -0.15) is 15.0 Å². The summed E-state index contributed by atoms with van der Waals surface area (Å²) in [5.41, 5.74) is 0. The van der Waals surface area contributed by atoms with Crippen molar-refractivity contribution < 1.29 is 4.74 Å². The van der Waals surface area contributed by atoms with Crippen LogP contribution in [0.15, 0.2) is 0 Å². The third kappa shape index (κ3) is 3.85. The first kappa shape index (κ1) is 11.9. The van der Waals surface area contributed by atoms with E-state index in [0.29, 0.717) is 18.4 Å². The van der Waals surface area contributed by atoms with Crippen molar-refractivity contribution in [1.29, 1.82) is 0 Å². The average molecular weight is 232 g/mol. The zero-order valence-corrected chi connectivity index (χ0v) is 9.67. The minimum Gasteiger partial charge on any atom is -0.380 e. The molecule has 0 amide bonds. The van der Waals surface area contributed by atoms with Crippen LogP contribution >= 0.6 is 11.6 Å². The highest BCUT2D eigenvalue weighted by molar-refractivity contribution is 6.28. The SMILES string of the molecule is CNc1nc(Cl)nc(NCC(C)OC)n1. The van der Waals surface area contributed by atoms with E-state index in [9.17, 15) is 0 Å². The molecule has 0 fully saturated rings. The van der Waals surface area contributed by atoms with Crippen LogP contribution in [0.25, 0.3) is 0 Å². The average Bonchev–Trinajstić information content (AvgIpc) is 2.25. The Morgan fingerprint density at radius 2 is 2.00 bits per heavy atom. The molecule has 0 aromatic carbocycles. The van der Waals surface area contributed by atoms with Crippen LogP contribution in [0.1, 0.15) is 6.92 Å². The van der Waals surface area contributed by atoms with Gasteiger partial charge in [-0.25, -0.2) is 0 Å². The normalized spacial score (nSPS) is 12.3. The van der Waals surface area contributed by atoms with Crippen LogP contribution in [0.4, 0.5) is 11.9 Å². The lowest BCUT2D eigenvalue weighted by Gasteiger charge is -2.10. The molecule has 15 heavy (non-hydrogen) atoms. The van der Waals surface area contributed by atoms with E-state index in [1.54, 1.807) is 14.2 Å². The van der Waals surface area contributed by atoms with Crippen LogP contribution in [-0.2, 0) is 4.74 Å². The van der Waals surface area contributed by atoms with Crippen molar-refractivity contribution in [2.45, 2.75) is 13.0 Å². The zero-order valence-electron chi connectivity index (χ0n) is 8.91. The first-order valence-electron chi connectivity index (χ1n) is 4.51. The van der Waals surface area contributed by atoms with Gasteiger partial charge in [-0.3, -0.25) is 0 Å². The van der Waals surface area contributed by atoms with Gasteiger partial charge in [-0.1, -0.05) is 0 Å². The van der Waals surface area contributed by atoms with Crippen molar-refractivity contribution in [3.8, 4) is 0 Å². The molecule has 0 saturated heterocycles. The number of anilines is 2. The van der Waals surface area contributed by atoms with E-state index >= 15 is 0 Å². The number of ether oxygens (including phenoxy) is 1. The van der Waals surface area contributed by atoms with Crippen LogP contribution < -0.4 is 10.6 Å². The number of rotatable bonds is 5. The highest BCUT2D eigenvalue weighted by Crippen LogP contribution is 2.08. The van der Waals surface area contributed by atoms with Gasteiger partial charge in [-0.05, 0) is 18.5 Å². The molecule has 0 aliphatic heterocycles. The Morgan fingerprint density at radius 3 is 2.60 bits per heavy atom. The summed E-state index contributed by atoms with van der Waals surface area (Å²) in [4.78, 5) is 11.9. The lowest BCUT2D eigenvalue weighted by atomic mass is 10.4. The monoisotopic (exact) mass is 231 g/mol. The third-order valence-corrected chi connectivity index (χ3v) is 1.95. The van der Waals surface area contributed by atoms with Crippen molar-refractivity contribution in [3.05, 3.63) is 5.28 Å². The number of hydrogen-bond acceptors (Lipinski definition) is 6. The fourth-order valence-electron chi connectivity index (χ4n) is 0.859. The lowest BCUT2D eigenvalue weighted by molar-refractivity contribution is 0.128. The topological polar surface area (TPSA) is 72.0 Å². The van der Waals surface area contributed by atoms with Gasteiger partial charge in [-0.15, -0.1) is 0 Å². The van der Waals surface area contributed by atoms with Gasteiger partial charge in [0.1, 0.15) is 0 Å². The maximum Gasteiger partial charge on any atom is 0.228 e. The third-order valence-electron chi connectivity index (χ3n) is 1.78. The molecule has 0 aliphatic carbocycles. The molecule has 1 rings (SSSR count). The molecule has 6 nitrogen and oxygen atoms in total. The van der Waals surface area contributed by atoms with E-state index in [2.05, 4.69) is 25.6 Å². The second-order valence-electron chi connectivity index (χ2n) is 2.93. The second kappa shape index (κ2) is 5.67. The molecule has 0 spiro atoms. The fourth-order valence-corrected chi connectivity index (χ4v) is 1.02. The van der Waals surface area contributed by atoms with Gasteiger partial charge in [0.15, 0.2) is 0 Å². The van der Waals surface area contributed by atoms with E-state index in [0.717, 1.165) is 0 Å². The molecule has 1 unspecified atom stereocenters. The summed E-state index contributed by atoms with van der Waals surface area (Å²) in [5.74, 6) is 0.866. The van der Waals surface area contributed by atoms with Crippen molar-refractivity contribution >= 4 is 23.5 Å². The minimum absolute atomic E-state index is 0.0820. The van der Waals surface area contributed by atoms with Crippen LogP contribution in [0.5, 0.6) is 0 Å². The number of methoxy groups -OCH3 is 1. The van der Waals surface area contributed by atoms with E-state index in [-0.39, 0.29) is 11.4 Å². The number of nitrogens with one attached hydrogen (secondary N) is 2. The van der Waals surface area contributed by atoms with Gasteiger partial charge >= 0.3 is 0 Å². The van der Waals surface area contributed by atoms with Gasteiger partial charge in [0.25, 0.3) is 0 Å². The predicted molar refractivity (Wildman–Crippen MR) is 59.3 cm³/mol. The molecule has 1 aromatic heterocycles. The highest BCUT2D eigenvalue weighted by Gasteiger charge is 2.04. The maximum absolute atomic E-state index is 5.70. The van der Waals surface area contributed by atoms with Crippen molar-refractivity contribution in [1.82, 2.24) is 15.0 Å². The molecule has 84 valence electrons. The lowest BCUT2D eigenvalue weighted by Crippen LogP contribution is -2.19.